The van der Waals surface area contributed by atoms with Gasteiger partial charge in [0.2, 0.25) is 11.6 Å². The zero-order valence-corrected chi connectivity index (χ0v) is 12.3. The highest BCUT2D eigenvalue weighted by Gasteiger charge is 2.35. The molecule has 1 aromatic carbocycles. The largest absolute Gasteiger partial charge is 0.465 e. The molecule has 1 amide bonds. The van der Waals surface area contributed by atoms with Crippen LogP contribution in [-0.2, 0) is 0 Å². The van der Waals surface area contributed by atoms with Crippen molar-refractivity contribution in [3.05, 3.63) is 46.1 Å². The SMILES string of the molecule is O=C1C(Cl)=C(N2CCN(C(=O)O)CC2)C(=O)c2ccccc21. The number of amides is 1. The van der Waals surface area contributed by atoms with Crippen LogP contribution in [0.2, 0.25) is 0 Å². The lowest BCUT2D eigenvalue weighted by atomic mass is 9.91. The van der Waals surface area contributed by atoms with Crippen molar-refractivity contribution < 1.29 is 19.5 Å². The Morgan fingerprint density at radius 1 is 1.00 bits per heavy atom. The van der Waals surface area contributed by atoms with Crippen LogP contribution in [0.3, 0.4) is 0 Å². The molecule has 114 valence electrons. The number of carbonyl (C=O) groups excluding carboxylic acids is 2. The monoisotopic (exact) mass is 320 g/mol. The summed E-state index contributed by atoms with van der Waals surface area (Å²) in [5.74, 6) is -0.656. The van der Waals surface area contributed by atoms with Gasteiger partial charge in [0.15, 0.2) is 0 Å². The van der Waals surface area contributed by atoms with Gasteiger partial charge in [0.1, 0.15) is 10.7 Å². The summed E-state index contributed by atoms with van der Waals surface area (Å²) in [6.45, 7) is 1.20. The van der Waals surface area contributed by atoms with E-state index in [1.807, 2.05) is 0 Å². The molecule has 2 aliphatic rings. The van der Waals surface area contributed by atoms with Crippen LogP contribution in [-0.4, -0.2) is 58.7 Å². The van der Waals surface area contributed by atoms with Crippen LogP contribution in [0.5, 0.6) is 0 Å². The van der Waals surface area contributed by atoms with Gasteiger partial charge in [0.25, 0.3) is 0 Å². The summed E-state index contributed by atoms with van der Waals surface area (Å²) in [5.41, 5.74) is 0.827. The van der Waals surface area contributed by atoms with Crippen LogP contribution in [0, 0.1) is 0 Å². The lowest BCUT2D eigenvalue weighted by Gasteiger charge is -2.36. The lowest BCUT2D eigenvalue weighted by molar-refractivity contribution is 0.0898. The maximum Gasteiger partial charge on any atom is 0.407 e. The topological polar surface area (TPSA) is 77.9 Å². The van der Waals surface area contributed by atoms with E-state index >= 15 is 0 Å². The first kappa shape index (κ1) is 14.6. The van der Waals surface area contributed by atoms with E-state index in [0.717, 1.165) is 0 Å². The number of carboxylic acid groups (broad SMARTS) is 1. The third kappa shape index (κ3) is 2.25. The minimum absolute atomic E-state index is 0.0903. The molecule has 1 heterocycles. The Morgan fingerprint density at radius 3 is 2.09 bits per heavy atom. The highest BCUT2D eigenvalue weighted by atomic mass is 35.5. The fraction of sp³-hybridized carbons (Fsp3) is 0.267. The highest BCUT2D eigenvalue weighted by Crippen LogP contribution is 2.30. The van der Waals surface area contributed by atoms with Gasteiger partial charge in [0.05, 0.1) is 0 Å². The molecule has 0 spiro atoms. The second-order valence-electron chi connectivity index (χ2n) is 5.12. The van der Waals surface area contributed by atoms with Crippen molar-refractivity contribution in [3.8, 4) is 0 Å². The standard InChI is InChI=1S/C15H13ClN2O4/c16-11-12(17-5-7-18(8-6-17)15(21)22)14(20)10-4-2-1-3-9(10)13(11)19/h1-4H,5-8H2,(H,21,22). The summed E-state index contributed by atoms with van der Waals surface area (Å²) in [7, 11) is 0. The molecule has 1 aliphatic heterocycles. The molecule has 0 radical (unpaired) electrons. The van der Waals surface area contributed by atoms with E-state index in [4.69, 9.17) is 16.7 Å². The predicted octanol–water partition coefficient (Wildman–Crippen LogP) is 1.81. The van der Waals surface area contributed by atoms with Crippen LogP contribution in [0.4, 0.5) is 4.79 Å². The van der Waals surface area contributed by atoms with Gasteiger partial charge in [-0.05, 0) is 0 Å². The molecule has 6 nitrogen and oxygen atoms in total. The Bertz CT molecular complexity index is 705. The van der Waals surface area contributed by atoms with E-state index in [9.17, 15) is 14.4 Å². The summed E-state index contributed by atoms with van der Waals surface area (Å²) < 4.78 is 0. The fourth-order valence-electron chi connectivity index (χ4n) is 2.74. The van der Waals surface area contributed by atoms with Gasteiger partial charge in [-0.3, -0.25) is 9.59 Å². The third-order valence-corrected chi connectivity index (χ3v) is 4.26. The number of halogens is 1. The van der Waals surface area contributed by atoms with Gasteiger partial charge >= 0.3 is 6.09 Å². The molecule has 1 saturated heterocycles. The molecule has 0 aromatic heterocycles. The van der Waals surface area contributed by atoms with Gasteiger partial charge in [-0.2, -0.15) is 0 Å². The molecule has 0 atom stereocenters. The minimum atomic E-state index is -0.990. The van der Waals surface area contributed by atoms with Gasteiger partial charge in [-0.15, -0.1) is 0 Å². The number of nitrogens with zero attached hydrogens (tertiary/aromatic N) is 2. The van der Waals surface area contributed by atoms with Crippen molar-refractivity contribution in [1.29, 1.82) is 0 Å². The van der Waals surface area contributed by atoms with Gasteiger partial charge in [-0.1, -0.05) is 35.9 Å². The van der Waals surface area contributed by atoms with E-state index < -0.39 is 6.09 Å². The van der Waals surface area contributed by atoms with Crippen molar-refractivity contribution in [2.45, 2.75) is 0 Å². The molecule has 22 heavy (non-hydrogen) atoms. The number of piperazine rings is 1. The van der Waals surface area contributed by atoms with Crippen molar-refractivity contribution in [1.82, 2.24) is 9.80 Å². The molecule has 0 saturated carbocycles. The molecule has 1 N–H and O–H groups in total. The Kier molecular flexibility index (Phi) is 3.62. The number of hydrogen-bond donors (Lipinski definition) is 1. The maximum atomic E-state index is 12.6. The number of benzene rings is 1. The number of hydrogen-bond acceptors (Lipinski definition) is 4. The number of Topliss-reactive ketones (excluding diaryl/α,β-unsaturated/α-hetero) is 2. The fourth-order valence-corrected chi connectivity index (χ4v) is 3.04. The molecule has 3 rings (SSSR count). The Morgan fingerprint density at radius 2 is 1.55 bits per heavy atom. The molecule has 1 aliphatic carbocycles. The summed E-state index contributed by atoms with van der Waals surface area (Å²) in [4.78, 5) is 38.8. The van der Waals surface area contributed by atoms with Crippen LogP contribution in [0.15, 0.2) is 35.0 Å². The number of rotatable bonds is 1. The van der Waals surface area contributed by atoms with E-state index in [-0.39, 0.29) is 35.4 Å². The van der Waals surface area contributed by atoms with E-state index in [0.29, 0.717) is 24.2 Å². The Labute approximate surface area is 131 Å². The second kappa shape index (κ2) is 5.46. The first-order valence-corrected chi connectivity index (χ1v) is 7.19. The number of fused-ring (bicyclic) bond motifs is 1. The van der Waals surface area contributed by atoms with Gasteiger partial charge in [0, 0.05) is 37.3 Å². The van der Waals surface area contributed by atoms with Crippen LogP contribution < -0.4 is 0 Å². The summed E-state index contributed by atoms with van der Waals surface area (Å²) in [6, 6.07) is 6.57. The molecule has 1 aromatic rings. The average Bonchev–Trinajstić information content (AvgIpc) is 2.53. The summed E-state index contributed by atoms with van der Waals surface area (Å²) in [6.07, 6.45) is -0.990. The van der Waals surface area contributed by atoms with E-state index in [1.54, 1.807) is 29.2 Å². The molecular formula is C15H13ClN2O4. The van der Waals surface area contributed by atoms with Crippen LogP contribution in [0.1, 0.15) is 20.7 Å². The molecule has 1 fully saturated rings. The number of allylic oxidation sites excluding steroid dienone is 2. The maximum absolute atomic E-state index is 12.6. The van der Waals surface area contributed by atoms with Crippen molar-refractivity contribution in [2.75, 3.05) is 26.2 Å². The zero-order valence-electron chi connectivity index (χ0n) is 11.6. The first-order chi connectivity index (χ1) is 10.5. The minimum Gasteiger partial charge on any atom is -0.465 e. The van der Waals surface area contributed by atoms with Crippen LogP contribution >= 0.6 is 11.6 Å². The van der Waals surface area contributed by atoms with Crippen molar-refractivity contribution in [3.63, 3.8) is 0 Å². The van der Waals surface area contributed by atoms with Crippen molar-refractivity contribution >= 4 is 29.3 Å². The second-order valence-corrected chi connectivity index (χ2v) is 5.50. The predicted molar refractivity (Wildman–Crippen MR) is 79.2 cm³/mol. The van der Waals surface area contributed by atoms with Crippen molar-refractivity contribution in [2.24, 2.45) is 0 Å². The summed E-state index contributed by atoms with van der Waals surface area (Å²) >= 11 is 6.13. The quantitative estimate of drug-likeness (QED) is 0.854. The average molecular weight is 321 g/mol. The van der Waals surface area contributed by atoms with E-state index in [1.165, 1.54) is 4.90 Å². The zero-order chi connectivity index (χ0) is 15.9. The first-order valence-electron chi connectivity index (χ1n) is 6.81. The highest BCUT2D eigenvalue weighted by molar-refractivity contribution is 6.49. The Hall–Kier alpha value is -2.34. The normalized spacial score (nSPS) is 18.6. The molecular weight excluding hydrogens is 308 g/mol. The van der Waals surface area contributed by atoms with Gasteiger partial charge in [-0.25, -0.2) is 4.79 Å². The Balaban J connectivity index is 1.92. The number of ketones is 2. The molecule has 0 bridgehead atoms. The number of carbonyl (C=O) groups is 3. The van der Waals surface area contributed by atoms with Gasteiger partial charge < -0.3 is 14.9 Å². The molecule has 0 unspecified atom stereocenters. The van der Waals surface area contributed by atoms with Crippen LogP contribution in [0.25, 0.3) is 0 Å². The third-order valence-electron chi connectivity index (χ3n) is 3.91. The molecule has 7 heteroatoms. The smallest absolute Gasteiger partial charge is 0.407 e. The van der Waals surface area contributed by atoms with E-state index in [2.05, 4.69) is 0 Å². The summed E-state index contributed by atoms with van der Waals surface area (Å²) in [5, 5.41) is 8.87. The lowest BCUT2D eigenvalue weighted by Crippen LogP contribution is -2.49.